The van der Waals surface area contributed by atoms with Crippen molar-refractivity contribution in [3.63, 3.8) is 0 Å². The third-order valence-corrected chi connectivity index (χ3v) is 4.29. The zero-order valence-corrected chi connectivity index (χ0v) is 11.6. The maximum absolute atomic E-state index is 10.4. The van der Waals surface area contributed by atoms with Gasteiger partial charge in [0.1, 0.15) is 18.5 Å². The molecule has 2 aliphatic rings. The Kier molecular flexibility index (Phi) is 3.76. The Morgan fingerprint density at radius 1 is 1.16 bits per heavy atom. The van der Waals surface area contributed by atoms with Gasteiger partial charge in [0.2, 0.25) is 0 Å². The smallest absolute Gasteiger partial charge is 0.124 e. The highest BCUT2D eigenvalue weighted by atomic mass is 16.5. The number of likely N-dealkylation sites (tertiary alicyclic amines) is 1. The number of hydrogen-bond acceptors (Lipinski definition) is 3. The summed E-state index contributed by atoms with van der Waals surface area (Å²) in [7, 11) is 0. The monoisotopic (exact) mass is 261 g/mol. The molecule has 0 spiro atoms. The molecule has 2 heterocycles. The minimum Gasteiger partial charge on any atom is -0.490 e. The Bertz CT molecular complexity index is 438. The highest BCUT2D eigenvalue weighted by molar-refractivity contribution is 5.41. The van der Waals surface area contributed by atoms with Crippen molar-refractivity contribution in [3.05, 3.63) is 29.3 Å². The van der Waals surface area contributed by atoms with Gasteiger partial charge in [0.15, 0.2) is 0 Å². The van der Waals surface area contributed by atoms with Crippen LogP contribution in [0.4, 0.5) is 0 Å². The number of rotatable bonds is 1. The summed E-state index contributed by atoms with van der Waals surface area (Å²) in [6.07, 6.45) is 4.70. The number of ether oxygens (including phenoxy) is 1. The number of nitrogens with zero attached hydrogens (tertiary/aromatic N) is 1. The standard InChI is InChI=1S/C16H23NO2/c1-12-6-7-15-13(10-12)16(14(18)11-19-15)17-8-4-2-3-5-9-17/h6-7,10,14,16,18H,2-5,8-9,11H2,1H3. The molecule has 0 bridgehead atoms. The third kappa shape index (κ3) is 2.63. The number of fused-ring (bicyclic) bond motifs is 1. The van der Waals surface area contributed by atoms with E-state index in [1.54, 1.807) is 0 Å². The molecule has 2 aliphatic heterocycles. The fourth-order valence-electron chi connectivity index (χ4n) is 3.32. The molecule has 0 amide bonds. The van der Waals surface area contributed by atoms with Crippen molar-refractivity contribution >= 4 is 0 Å². The number of aliphatic hydroxyl groups excluding tert-OH is 1. The molecule has 1 aromatic rings. The molecule has 104 valence electrons. The first-order valence-electron chi connectivity index (χ1n) is 7.41. The molecule has 3 rings (SSSR count). The van der Waals surface area contributed by atoms with Gasteiger partial charge in [-0.1, -0.05) is 30.5 Å². The molecule has 2 atom stereocenters. The highest BCUT2D eigenvalue weighted by Gasteiger charge is 2.34. The highest BCUT2D eigenvalue weighted by Crippen LogP contribution is 2.37. The molecule has 0 radical (unpaired) electrons. The zero-order chi connectivity index (χ0) is 13.2. The van der Waals surface area contributed by atoms with Crippen LogP contribution < -0.4 is 4.74 Å². The lowest BCUT2D eigenvalue weighted by molar-refractivity contribution is 0.00106. The SMILES string of the molecule is Cc1ccc2c(c1)C(N1CCCCCC1)C(O)CO2. The average molecular weight is 261 g/mol. The maximum Gasteiger partial charge on any atom is 0.124 e. The van der Waals surface area contributed by atoms with E-state index in [1.165, 1.54) is 36.8 Å². The van der Waals surface area contributed by atoms with E-state index in [4.69, 9.17) is 4.74 Å². The second kappa shape index (κ2) is 5.51. The Labute approximate surface area is 115 Å². The Morgan fingerprint density at radius 3 is 2.63 bits per heavy atom. The summed E-state index contributed by atoms with van der Waals surface area (Å²) in [5, 5.41) is 10.4. The number of benzene rings is 1. The molecule has 0 aromatic heterocycles. The van der Waals surface area contributed by atoms with Crippen LogP contribution in [0.1, 0.15) is 42.9 Å². The van der Waals surface area contributed by atoms with Gasteiger partial charge >= 0.3 is 0 Å². The lowest BCUT2D eigenvalue weighted by atomic mass is 9.95. The van der Waals surface area contributed by atoms with Crippen molar-refractivity contribution in [2.45, 2.75) is 44.8 Å². The van der Waals surface area contributed by atoms with Crippen molar-refractivity contribution in [2.75, 3.05) is 19.7 Å². The van der Waals surface area contributed by atoms with Gasteiger partial charge in [-0.2, -0.15) is 0 Å². The first kappa shape index (κ1) is 12.9. The summed E-state index contributed by atoms with van der Waals surface area (Å²) in [6.45, 7) is 4.70. The van der Waals surface area contributed by atoms with Gasteiger partial charge in [-0.3, -0.25) is 4.90 Å². The minimum atomic E-state index is -0.410. The van der Waals surface area contributed by atoms with Crippen LogP contribution in [0.2, 0.25) is 0 Å². The van der Waals surface area contributed by atoms with Gasteiger partial charge in [0, 0.05) is 5.56 Å². The predicted octanol–water partition coefficient (Wildman–Crippen LogP) is 2.67. The molecule has 1 saturated heterocycles. The van der Waals surface area contributed by atoms with E-state index in [0.717, 1.165) is 18.8 Å². The maximum atomic E-state index is 10.4. The summed E-state index contributed by atoms with van der Waals surface area (Å²) in [6, 6.07) is 6.41. The lowest BCUT2D eigenvalue weighted by Gasteiger charge is -2.38. The van der Waals surface area contributed by atoms with Crippen LogP contribution in [0.3, 0.4) is 0 Å². The molecular formula is C16H23NO2. The van der Waals surface area contributed by atoms with E-state index in [0.29, 0.717) is 6.61 Å². The third-order valence-electron chi connectivity index (χ3n) is 4.29. The molecule has 1 N–H and O–H groups in total. The van der Waals surface area contributed by atoms with Gasteiger partial charge in [-0.25, -0.2) is 0 Å². The van der Waals surface area contributed by atoms with Crippen LogP contribution in [-0.2, 0) is 0 Å². The second-order valence-corrected chi connectivity index (χ2v) is 5.81. The molecule has 19 heavy (non-hydrogen) atoms. The van der Waals surface area contributed by atoms with Crippen molar-refractivity contribution in [3.8, 4) is 5.75 Å². The molecule has 2 unspecified atom stereocenters. The van der Waals surface area contributed by atoms with Crippen LogP contribution >= 0.6 is 0 Å². The average Bonchev–Trinajstić information content (AvgIpc) is 2.67. The molecule has 1 fully saturated rings. The second-order valence-electron chi connectivity index (χ2n) is 5.81. The van der Waals surface area contributed by atoms with Crippen LogP contribution in [0.5, 0.6) is 5.75 Å². The van der Waals surface area contributed by atoms with E-state index < -0.39 is 6.10 Å². The topological polar surface area (TPSA) is 32.7 Å². The Morgan fingerprint density at radius 2 is 1.89 bits per heavy atom. The summed E-state index contributed by atoms with van der Waals surface area (Å²) in [4.78, 5) is 2.46. The lowest BCUT2D eigenvalue weighted by Crippen LogP contribution is -2.42. The fraction of sp³-hybridized carbons (Fsp3) is 0.625. The number of aryl methyl sites for hydroxylation is 1. The summed E-state index contributed by atoms with van der Waals surface area (Å²) >= 11 is 0. The van der Waals surface area contributed by atoms with E-state index in [1.807, 2.05) is 6.07 Å². The van der Waals surface area contributed by atoms with E-state index in [-0.39, 0.29) is 6.04 Å². The Balaban J connectivity index is 1.93. The fourth-order valence-corrected chi connectivity index (χ4v) is 3.32. The summed E-state index contributed by atoms with van der Waals surface area (Å²) in [5.41, 5.74) is 2.40. The van der Waals surface area contributed by atoms with E-state index in [9.17, 15) is 5.11 Å². The van der Waals surface area contributed by atoms with Crippen molar-refractivity contribution in [1.82, 2.24) is 4.90 Å². The molecule has 0 saturated carbocycles. The van der Waals surface area contributed by atoms with Gasteiger partial charge in [0.25, 0.3) is 0 Å². The summed E-state index contributed by atoms with van der Waals surface area (Å²) < 4.78 is 5.67. The number of hydrogen-bond donors (Lipinski definition) is 1. The summed E-state index contributed by atoms with van der Waals surface area (Å²) in [5.74, 6) is 0.949. The first-order valence-corrected chi connectivity index (χ1v) is 7.41. The normalized spacial score (nSPS) is 28.3. The molecule has 3 heteroatoms. The largest absolute Gasteiger partial charge is 0.490 e. The van der Waals surface area contributed by atoms with Gasteiger partial charge in [-0.05, 0) is 38.9 Å². The van der Waals surface area contributed by atoms with Gasteiger partial charge in [-0.15, -0.1) is 0 Å². The molecule has 3 nitrogen and oxygen atoms in total. The first-order chi connectivity index (χ1) is 9.25. The number of aliphatic hydroxyl groups is 1. The van der Waals surface area contributed by atoms with E-state index in [2.05, 4.69) is 24.0 Å². The van der Waals surface area contributed by atoms with Gasteiger partial charge in [0.05, 0.1) is 6.04 Å². The van der Waals surface area contributed by atoms with Crippen LogP contribution in [0.15, 0.2) is 18.2 Å². The zero-order valence-electron chi connectivity index (χ0n) is 11.6. The van der Waals surface area contributed by atoms with Crippen LogP contribution in [0, 0.1) is 6.92 Å². The van der Waals surface area contributed by atoms with Crippen molar-refractivity contribution in [1.29, 1.82) is 0 Å². The van der Waals surface area contributed by atoms with Crippen molar-refractivity contribution < 1.29 is 9.84 Å². The molecular weight excluding hydrogens is 238 g/mol. The van der Waals surface area contributed by atoms with Gasteiger partial charge < -0.3 is 9.84 Å². The molecule has 1 aromatic carbocycles. The predicted molar refractivity (Wildman–Crippen MR) is 75.5 cm³/mol. The van der Waals surface area contributed by atoms with E-state index >= 15 is 0 Å². The van der Waals surface area contributed by atoms with Crippen LogP contribution in [0.25, 0.3) is 0 Å². The van der Waals surface area contributed by atoms with Crippen molar-refractivity contribution in [2.24, 2.45) is 0 Å². The molecule has 0 aliphatic carbocycles. The van der Waals surface area contributed by atoms with Crippen LogP contribution in [-0.4, -0.2) is 35.8 Å². The quantitative estimate of drug-likeness (QED) is 0.843. The minimum absolute atomic E-state index is 0.113. The Hall–Kier alpha value is -1.06.